The second-order valence-corrected chi connectivity index (χ2v) is 6.85. The first-order valence-electron chi connectivity index (χ1n) is 8.31. The molecule has 0 heterocycles. The molecule has 122 valence electrons. The Morgan fingerprint density at radius 1 is 1.24 bits per heavy atom. The summed E-state index contributed by atoms with van der Waals surface area (Å²) in [6.45, 7) is 5.24. The lowest BCUT2D eigenvalue weighted by Crippen LogP contribution is -2.65. The van der Waals surface area contributed by atoms with Crippen molar-refractivity contribution in [2.24, 2.45) is 16.3 Å². The molecule has 3 fully saturated rings. The summed E-state index contributed by atoms with van der Waals surface area (Å²) in [7, 11) is 1.88. The molecule has 0 aromatic carbocycles. The topological polar surface area (TPSA) is 45.6 Å². The molecule has 0 saturated heterocycles. The fraction of sp³-hybridized carbons (Fsp3) is 0.938. The van der Waals surface area contributed by atoms with Gasteiger partial charge in [0.1, 0.15) is 0 Å². The van der Waals surface area contributed by atoms with E-state index in [1.165, 1.54) is 32.1 Å². The minimum absolute atomic E-state index is 0. The van der Waals surface area contributed by atoms with Crippen molar-refractivity contribution in [1.82, 2.24) is 10.6 Å². The van der Waals surface area contributed by atoms with Gasteiger partial charge in [-0.05, 0) is 38.5 Å². The molecule has 3 aliphatic carbocycles. The van der Waals surface area contributed by atoms with Gasteiger partial charge in [0.15, 0.2) is 5.96 Å². The zero-order valence-electron chi connectivity index (χ0n) is 13.5. The Bertz CT molecular complexity index is 382. The third-order valence-corrected chi connectivity index (χ3v) is 5.65. The van der Waals surface area contributed by atoms with Crippen LogP contribution in [0, 0.1) is 11.3 Å². The summed E-state index contributed by atoms with van der Waals surface area (Å²) >= 11 is 0. The molecule has 21 heavy (non-hydrogen) atoms. The fourth-order valence-corrected chi connectivity index (χ4v) is 4.12. The fourth-order valence-electron chi connectivity index (χ4n) is 4.12. The highest BCUT2D eigenvalue weighted by atomic mass is 127. The summed E-state index contributed by atoms with van der Waals surface area (Å²) in [5.41, 5.74) is 0.378. The van der Waals surface area contributed by atoms with Crippen LogP contribution in [0.15, 0.2) is 4.99 Å². The maximum atomic E-state index is 5.97. The number of rotatable bonds is 4. The lowest BCUT2D eigenvalue weighted by atomic mass is 9.60. The van der Waals surface area contributed by atoms with Gasteiger partial charge in [-0.15, -0.1) is 24.0 Å². The van der Waals surface area contributed by atoms with Gasteiger partial charge in [-0.2, -0.15) is 0 Å². The first-order chi connectivity index (χ1) is 9.69. The van der Waals surface area contributed by atoms with Gasteiger partial charge in [-0.1, -0.05) is 19.8 Å². The molecule has 3 aliphatic rings. The normalized spacial score (nSPS) is 36.8. The van der Waals surface area contributed by atoms with Gasteiger partial charge < -0.3 is 15.4 Å². The van der Waals surface area contributed by atoms with Crippen LogP contribution in [0.3, 0.4) is 0 Å². The Kier molecular flexibility index (Phi) is 5.79. The largest absolute Gasteiger partial charge is 0.378 e. The molecule has 0 radical (unpaired) electrons. The smallest absolute Gasteiger partial charge is 0.191 e. The van der Waals surface area contributed by atoms with Gasteiger partial charge in [0.2, 0.25) is 0 Å². The number of nitrogens with one attached hydrogen (secondary N) is 2. The van der Waals surface area contributed by atoms with Crippen molar-refractivity contribution in [2.45, 2.75) is 70.6 Å². The second kappa shape index (κ2) is 7.02. The average molecular weight is 407 g/mol. The van der Waals surface area contributed by atoms with E-state index >= 15 is 0 Å². The van der Waals surface area contributed by atoms with E-state index in [-0.39, 0.29) is 24.0 Å². The Labute approximate surface area is 145 Å². The zero-order chi connectivity index (χ0) is 14.2. The second-order valence-electron chi connectivity index (χ2n) is 6.85. The van der Waals surface area contributed by atoms with Crippen LogP contribution < -0.4 is 10.6 Å². The Balaban J connectivity index is 0.00000161. The highest BCUT2D eigenvalue weighted by Gasteiger charge is 2.57. The van der Waals surface area contributed by atoms with Crippen molar-refractivity contribution in [1.29, 1.82) is 0 Å². The van der Waals surface area contributed by atoms with E-state index in [1.54, 1.807) is 0 Å². The van der Waals surface area contributed by atoms with Gasteiger partial charge >= 0.3 is 0 Å². The minimum Gasteiger partial charge on any atom is -0.378 e. The molecule has 3 rings (SSSR count). The molecule has 1 spiro atoms. The number of hydrogen-bond acceptors (Lipinski definition) is 2. The quantitative estimate of drug-likeness (QED) is 0.428. The zero-order valence-corrected chi connectivity index (χ0v) is 15.9. The van der Waals surface area contributed by atoms with Crippen molar-refractivity contribution in [2.75, 3.05) is 13.7 Å². The van der Waals surface area contributed by atoms with Crippen molar-refractivity contribution in [3.8, 4) is 0 Å². The molecule has 0 aliphatic heterocycles. The van der Waals surface area contributed by atoms with E-state index < -0.39 is 0 Å². The third kappa shape index (κ3) is 3.33. The molecule has 0 bridgehead atoms. The third-order valence-electron chi connectivity index (χ3n) is 5.65. The molecule has 4 atom stereocenters. The Hall–Kier alpha value is -0.0400. The minimum atomic E-state index is 0. The lowest BCUT2D eigenvalue weighted by molar-refractivity contribution is -0.125. The van der Waals surface area contributed by atoms with Crippen LogP contribution in [0.1, 0.15) is 52.4 Å². The molecular formula is C16H30IN3O. The van der Waals surface area contributed by atoms with Crippen molar-refractivity contribution in [3.63, 3.8) is 0 Å². The number of hydrogen-bond donors (Lipinski definition) is 2. The molecule has 4 unspecified atom stereocenters. The van der Waals surface area contributed by atoms with Crippen LogP contribution in [-0.2, 0) is 4.74 Å². The van der Waals surface area contributed by atoms with Gasteiger partial charge in [0, 0.05) is 31.2 Å². The molecule has 2 N–H and O–H groups in total. The molecule has 0 aromatic rings. The highest BCUT2D eigenvalue weighted by molar-refractivity contribution is 14.0. The molecule has 0 aromatic heterocycles. The standard InChI is InChI=1S/C16H29N3O.HI/c1-4-20-14-10-13(16(14)7-5-6-8-16)19-15(17-3)18-12-9-11(12)2;/h11-14H,4-10H2,1-3H3,(H2,17,18,19);1H. The SMILES string of the molecule is CCOC1CC(NC(=NC)NC2CC2C)C12CCCC2.I. The van der Waals surface area contributed by atoms with E-state index in [4.69, 9.17) is 4.74 Å². The van der Waals surface area contributed by atoms with E-state index in [2.05, 4.69) is 29.5 Å². The van der Waals surface area contributed by atoms with Crippen LogP contribution >= 0.6 is 24.0 Å². The lowest BCUT2D eigenvalue weighted by Gasteiger charge is -2.54. The van der Waals surface area contributed by atoms with Crippen molar-refractivity contribution < 1.29 is 4.74 Å². The number of nitrogens with zero attached hydrogens (tertiary/aromatic N) is 1. The summed E-state index contributed by atoms with van der Waals surface area (Å²) < 4.78 is 5.97. The Morgan fingerprint density at radius 2 is 1.90 bits per heavy atom. The first-order valence-corrected chi connectivity index (χ1v) is 8.31. The summed E-state index contributed by atoms with van der Waals surface area (Å²) in [6, 6.07) is 1.17. The number of ether oxygens (including phenoxy) is 1. The van der Waals surface area contributed by atoms with E-state index in [1.807, 2.05) is 7.05 Å². The van der Waals surface area contributed by atoms with Crippen LogP contribution in [0.25, 0.3) is 0 Å². The van der Waals surface area contributed by atoms with Gasteiger partial charge in [0.05, 0.1) is 6.10 Å². The van der Waals surface area contributed by atoms with E-state index in [0.29, 0.717) is 23.6 Å². The van der Waals surface area contributed by atoms with E-state index in [9.17, 15) is 0 Å². The molecule has 5 heteroatoms. The molecule has 4 nitrogen and oxygen atoms in total. The summed E-state index contributed by atoms with van der Waals surface area (Å²) in [4.78, 5) is 4.40. The predicted molar refractivity (Wildman–Crippen MR) is 97.3 cm³/mol. The van der Waals surface area contributed by atoms with Gasteiger partial charge in [0.25, 0.3) is 0 Å². The molecule has 3 saturated carbocycles. The maximum absolute atomic E-state index is 5.97. The summed E-state index contributed by atoms with van der Waals surface area (Å²) in [6.07, 6.45) is 8.21. The van der Waals surface area contributed by atoms with Crippen molar-refractivity contribution in [3.05, 3.63) is 0 Å². The highest BCUT2D eigenvalue weighted by Crippen LogP contribution is 2.54. The number of guanidine groups is 1. The Morgan fingerprint density at radius 3 is 2.43 bits per heavy atom. The van der Waals surface area contributed by atoms with Gasteiger partial charge in [-0.3, -0.25) is 4.99 Å². The number of aliphatic imine (C=N–C) groups is 1. The number of halogens is 1. The van der Waals surface area contributed by atoms with Crippen LogP contribution in [0.5, 0.6) is 0 Å². The summed E-state index contributed by atoms with van der Waals surface area (Å²) in [5.74, 6) is 1.79. The van der Waals surface area contributed by atoms with Crippen molar-refractivity contribution >= 4 is 29.9 Å². The average Bonchev–Trinajstić information content (AvgIpc) is 2.95. The molecular weight excluding hydrogens is 377 g/mol. The maximum Gasteiger partial charge on any atom is 0.191 e. The van der Waals surface area contributed by atoms with Crippen LogP contribution in [-0.4, -0.2) is 37.8 Å². The monoisotopic (exact) mass is 407 g/mol. The van der Waals surface area contributed by atoms with Crippen LogP contribution in [0.2, 0.25) is 0 Å². The summed E-state index contributed by atoms with van der Waals surface area (Å²) in [5, 5.41) is 7.22. The molecule has 0 amide bonds. The van der Waals surface area contributed by atoms with E-state index in [0.717, 1.165) is 24.9 Å². The van der Waals surface area contributed by atoms with Crippen LogP contribution in [0.4, 0.5) is 0 Å². The predicted octanol–water partition coefficient (Wildman–Crippen LogP) is 2.92. The first kappa shape index (κ1) is 17.3. The van der Waals surface area contributed by atoms with Gasteiger partial charge in [-0.25, -0.2) is 0 Å².